The summed E-state index contributed by atoms with van der Waals surface area (Å²) in [5, 5.41) is -0.832. The number of nitrogens with zero attached hydrogens (tertiary/aromatic N) is 1. The van der Waals surface area contributed by atoms with Gasteiger partial charge in [-0.05, 0) is 29.8 Å². The van der Waals surface area contributed by atoms with E-state index in [1.807, 2.05) is 0 Å². The van der Waals surface area contributed by atoms with Gasteiger partial charge in [0.25, 0.3) is 0 Å². The van der Waals surface area contributed by atoms with Crippen LogP contribution in [0.2, 0.25) is 5.02 Å². The zero-order valence-corrected chi connectivity index (χ0v) is 14.4. The van der Waals surface area contributed by atoms with E-state index in [1.165, 1.54) is 18.2 Å². The molecule has 2 rings (SSSR count). The molecule has 0 bridgehead atoms. The molecule has 2 aromatic carbocycles. The number of alkyl halides is 4. The largest absolute Gasteiger partial charge is 0.416 e. The van der Waals surface area contributed by atoms with Crippen molar-refractivity contribution >= 4 is 34.8 Å². The van der Waals surface area contributed by atoms with Crippen LogP contribution in [0.1, 0.15) is 16.5 Å². The topological polar surface area (TPSA) is 20.3 Å². The molecule has 0 radical (unpaired) electrons. The molecule has 25 heavy (non-hydrogen) atoms. The predicted molar refractivity (Wildman–Crippen MR) is 94.0 cm³/mol. The molecule has 0 fully saturated rings. The Kier molecular flexibility index (Phi) is 6.14. The lowest BCUT2D eigenvalue weighted by Crippen LogP contribution is -2.34. The highest BCUT2D eigenvalue weighted by molar-refractivity contribution is 6.37. The third kappa shape index (κ3) is 4.55. The number of hydrogen-bond donors (Lipinski definition) is 0. The smallest absolute Gasteiger partial charge is 0.307 e. The van der Waals surface area contributed by atoms with Gasteiger partial charge in [-0.15, -0.1) is 18.2 Å². The molecule has 1 atom stereocenters. The summed E-state index contributed by atoms with van der Waals surface area (Å²) in [6.45, 7) is 3.55. The molecule has 0 spiro atoms. The Bertz CT molecular complexity index is 777. The van der Waals surface area contributed by atoms with E-state index in [4.69, 9.17) is 23.2 Å². The number of halogens is 5. The van der Waals surface area contributed by atoms with Crippen molar-refractivity contribution in [2.24, 2.45) is 0 Å². The van der Waals surface area contributed by atoms with E-state index in [1.54, 1.807) is 24.3 Å². The molecule has 0 aliphatic carbocycles. The quantitative estimate of drug-likeness (QED) is 0.464. The molecule has 1 amide bonds. The first-order valence-corrected chi connectivity index (χ1v) is 8.05. The lowest BCUT2D eigenvalue weighted by Gasteiger charge is -2.25. The highest BCUT2D eigenvalue weighted by Crippen LogP contribution is 2.34. The third-order valence-corrected chi connectivity index (χ3v) is 4.22. The van der Waals surface area contributed by atoms with Crippen LogP contribution in [0.3, 0.4) is 0 Å². The minimum absolute atomic E-state index is 0.00775. The van der Waals surface area contributed by atoms with Crippen molar-refractivity contribution in [2.75, 3.05) is 11.4 Å². The molecule has 7 heteroatoms. The molecule has 0 aromatic heterocycles. The van der Waals surface area contributed by atoms with E-state index >= 15 is 0 Å². The molecule has 132 valence electrons. The molecule has 0 saturated heterocycles. The highest BCUT2D eigenvalue weighted by Gasteiger charge is 2.32. The second-order valence-electron chi connectivity index (χ2n) is 5.17. The average molecular weight is 388 g/mol. The highest BCUT2D eigenvalue weighted by atomic mass is 35.5. The lowest BCUT2D eigenvalue weighted by molar-refractivity contribution is -0.137. The number of carbonyl (C=O) groups excluding carboxylic acids is 1. The summed E-state index contributed by atoms with van der Waals surface area (Å²) in [6.07, 6.45) is -3.10. The van der Waals surface area contributed by atoms with E-state index in [9.17, 15) is 18.0 Å². The first-order chi connectivity index (χ1) is 11.8. The second kappa shape index (κ2) is 7.93. The van der Waals surface area contributed by atoms with Crippen molar-refractivity contribution in [3.8, 4) is 0 Å². The maximum absolute atomic E-state index is 12.9. The van der Waals surface area contributed by atoms with Crippen molar-refractivity contribution in [2.45, 2.75) is 11.6 Å². The SMILES string of the molecule is C=CCN(C(=O)C(Cl)c1ccccc1Cl)c1cccc(C(F)(F)F)c1. The van der Waals surface area contributed by atoms with Crippen molar-refractivity contribution in [3.05, 3.63) is 77.3 Å². The summed E-state index contributed by atoms with van der Waals surface area (Å²) >= 11 is 12.3. The summed E-state index contributed by atoms with van der Waals surface area (Å²) in [5.74, 6) is -0.589. The molecule has 0 N–H and O–H groups in total. The van der Waals surface area contributed by atoms with Crippen molar-refractivity contribution in [1.29, 1.82) is 0 Å². The van der Waals surface area contributed by atoms with Gasteiger partial charge in [0.2, 0.25) is 5.91 Å². The standard InChI is InChI=1S/C18H14Cl2F3NO/c1-2-10-24(13-7-5-6-12(11-13)18(21,22)23)17(25)16(20)14-8-3-4-9-15(14)19/h2-9,11,16H,1,10H2. The van der Waals surface area contributed by atoms with Gasteiger partial charge in [0.1, 0.15) is 5.38 Å². The minimum atomic E-state index is -4.51. The van der Waals surface area contributed by atoms with Crippen LogP contribution in [0.4, 0.5) is 18.9 Å². The van der Waals surface area contributed by atoms with Gasteiger partial charge in [-0.2, -0.15) is 13.2 Å². The van der Waals surface area contributed by atoms with Crippen LogP contribution in [0.5, 0.6) is 0 Å². The van der Waals surface area contributed by atoms with Gasteiger partial charge in [-0.3, -0.25) is 4.79 Å². The Balaban J connectivity index is 2.39. The molecule has 0 aliphatic rings. The van der Waals surface area contributed by atoms with Crippen LogP contribution in [0, 0.1) is 0 Å². The van der Waals surface area contributed by atoms with Gasteiger partial charge in [0.15, 0.2) is 0 Å². The van der Waals surface area contributed by atoms with E-state index in [2.05, 4.69) is 6.58 Å². The predicted octanol–water partition coefficient (Wildman–Crippen LogP) is 5.86. The van der Waals surface area contributed by atoms with Crippen LogP contribution in [-0.4, -0.2) is 12.5 Å². The Morgan fingerprint density at radius 2 is 1.88 bits per heavy atom. The fraction of sp³-hybridized carbons (Fsp3) is 0.167. The van der Waals surface area contributed by atoms with Gasteiger partial charge < -0.3 is 4.90 Å². The van der Waals surface area contributed by atoms with Gasteiger partial charge in [-0.1, -0.05) is 41.9 Å². The molecule has 0 saturated carbocycles. The van der Waals surface area contributed by atoms with Gasteiger partial charge in [0, 0.05) is 17.3 Å². The van der Waals surface area contributed by atoms with Crippen LogP contribution in [0.15, 0.2) is 61.2 Å². The zero-order valence-electron chi connectivity index (χ0n) is 12.9. The summed E-state index contributed by atoms with van der Waals surface area (Å²) in [6, 6.07) is 11.0. The van der Waals surface area contributed by atoms with Crippen LogP contribution < -0.4 is 4.90 Å². The van der Waals surface area contributed by atoms with Crippen LogP contribution >= 0.6 is 23.2 Å². The van der Waals surface area contributed by atoms with Gasteiger partial charge in [0.05, 0.1) is 5.56 Å². The fourth-order valence-corrected chi connectivity index (χ4v) is 2.86. The van der Waals surface area contributed by atoms with Gasteiger partial charge >= 0.3 is 6.18 Å². The summed E-state index contributed by atoms with van der Waals surface area (Å²) < 4.78 is 38.8. The first kappa shape index (κ1) is 19.3. The number of hydrogen-bond acceptors (Lipinski definition) is 1. The average Bonchev–Trinajstić information content (AvgIpc) is 2.58. The Morgan fingerprint density at radius 1 is 1.20 bits per heavy atom. The summed E-state index contributed by atoms with van der Waals surface area (Å²) in [4.78, 5) is 13.9. The van der Waals surface area contributed by atoms with Gasteiger partial charge in [-0.25, -0.2) is 0 Å². The number of carbonyl (C=O) groups is 1. The van der Waals surface area contributed by atoms with E-state index < -0.39 is 23.0 Å². The number of benzene rings is 2. The molecule has 2 nitrogen and oxygen atoms in total. The van der Waals surface area contributed by atoms with Crippen molar-refractivity contribution in [3.63, 3.8) is 0 Å². The van der Waals surface area contributed by atoms with E-state index in [0.717, 1.165) is 17.0 Å². The fourth-order valence-electron chi connectivity index (χ4n) is 2.25. The summed E-state index contributed by atoms with van der Waals surface area (Å²) in [7, 11) is 0. The van der Waals surface area contributed by atoms with Crippen molar-refractivity contribution in [1.82, 2.24) is 0 Å². The van der Waals surface area contributed by atoms with Crippen molar-refractivity contribution < 1.29 is 18.0 Å². The minimum Gasteiger partial charge on any atom is -0.307 e. The Morgan fingerprint density at radius 3 is 2.48 bits per heavy atom. The van der Waals surface area contributed by atoms with E-state index in [0.29, 0.717) is 10.6 Å². The number of anilines is 1. The summed E-state index contributed by atoms with van der Waals surface area (Å²) in [5.41, 5.74) is -0.384. The monoisotopic (exact) mass is 387 g/mol. The molecule has 0 heterocycles. The maximum atomic E-state index is 12.9. The second-order valence-corrected chi connectivity index (χ2v) is 6.01. The first-order valence-electron chi connectivity index (χ1n) is 7.23. The molecular weight excluding hydrogens is 374 g/mol. The lowest BCUT2D eigenvalue weighted by atomic mass is 10.1. The zero-order chi connectivity index (χ0) is 18.6. The Hall–Kier alpha value is -1.98. The van der Waals surface area contributed by atoms with Crippen LogP contribution in [0.25, 0.3) is 0 Å². The molecular formula is C18H14Cl2F3NO. The number of rotatable bonds is 5. The normalized spacial score (nSPS) is 12.5. The maximum Gasteiger partial charge on any atom is 0.416 e. The van der Waals surface area contributed by atoms with E-state index in [-0.39, 0.29) is 12.2 Å². The number of amides is 1. The molecule has 1 unspecified atom stereocenters. The third-order valence-electron chi connectivity index (χ3n) is 3.46. The molecule has 2 aromatic rings. The molecule has 0 aliphatic heterocycles. The van der Waals surface area contributed by atoms with Crippen LogP contribution in [-0.2, 0) is 11.0 Å². The Labute approximate surface area is 153 Å².